The number of H-pyrrole nitrogens is 1. The van der Waals surface area contributed by atoms with Gasteiger partial charge in [0.2, 0.25) is 0 Å². The summed E-state index contributed by atoms with van der Waals surface area (Å²) in [7, 11) is 0. The van der Waals surface area contributed by atoms with Gasteiger partial charge >= 0.3 is 0 Å². The zero-order valence-electron chi connectivity index (χ0n) is 9.40. The van der Waals surface area contributed by atoms with E-state index in [2.05, 4.69) is 28.3 Å². The van der Waals surface area contributed by atoms with E-state index in [0.29, 0.717) is 0 Å². The number of fused-ring (bicyclic) bond motifs is 1. The summed E-state index contributed by atoms with van der Waals surface area (Å²) in [5.41, 5.74) is 2.15. The quantitative estimate of drug-likeness (QED) is 0.669. The lowest BCUT2D eigenvalue weighted by atomic mass is 10.1. The molecule has 2 heterocycles. The fraction of sp³-hybridized carbons (Fsp3) is 0.417. The number of hydrogen-bond donors (Lipinski definition) is 3. The molecule has 1 atom stereocenters. The number of nitrogens with one attached hydrogen (secondary N) is 2. The predicted molar refractivity (Wildman–Crippen MR) is 64.2 cm³/mol. The highest BCUT2D eigenvalue weighted by atomic mass is 16.3. The van der Waals surface area contributed by atoms with E-state index in [1.807, 2.05) is 12.3 Å². The van der Waals surface area contributed by atoms with Crippen molar-refractivity contribution in [1.29, 1.82) is 0 Å². The molecule has 4 nitrogen and oxygen atoms in total. The van der Waals surface area contributed by atoms with E-state index in [0.717, 1.165) is 24.0 Å². The van der Waals surface area contributed by atoms with E-state index in [1.54, 1.807) is 6.20 Å². The Morgan fingerprint density at radius 2 is 2.44 bits per heavy atom. The molecule has 1 unspecified atom stereocenters. The van der Waals surface area contributed by atoms with E-state index in [-0.39, 0.29) is 12.6 Å². The maximum Gasteiger partial charge on any atom is 0.137 e. The molecule has 2 rings (SSSR count). The van der Waals surface area contributed by atoms with E-state index < -0.39 is 0 Å². The lowest BCUT2D eigenvalue weighted by Crippen LogP contribution is -2.20. The van der Waals surface area contributed by atoms with Gasteiger partial charge in [0.05, 0.1) is 0 Å². The van der Waals surface area contributed by atoms with Crippen LogP contribution in [0, 0.1) is 0 Å². The third-order valence-electron chi connectivity index (χ3n) is 2.74. The fourth-order valence-corrected chi connectivity index (χ4v) is 1.84. The Morgan fingerprint density at radius 3 is 3.25 bits per heavy atom. The molecule has 0 bridgehead atoms. The van der Waals surface area contributed by atoms with Crippen molar-refractivity contribution in [1.82, 2.24) is 15.3 Å². The molecule has 0 aliphatic heterocycles. The van der Waals surface area contributed by atoms with E-state index in [4.69, 9.17) is 5.11 Å². The summed E-state index contributed by atoms with van der Waals surface area (Å²) < 4.78 is 0. The van der Waals surface area contributed by atoms with Crippen LogP contribution in [0.15, 0.2) is 24.5 Å². The maximum absolute atomic E-state index is 8.73. The molecule has 0 aromatic carbocycles. The van der Waals surface area contributed by atoms with Gasteiger partial charge in [0.15, 0.2) is 0 Å². The summed E-state index contributed by atoms with van der Waals surface area (Å²) in [5, 5.41) is 13.3. The molecule has 16 heavy (non-hydrogen) atoms. The smallest absolute Gasteiger partial charge is 0.137 e. The highest BCUT2D eigenvalue weighted by Crippen LogP contribution is 2.21. The van der Waals surface area contributed by atoms with Crippen LogP contribution >= 0.6 is 0 Å². The minimum absolute atomic E-state index is 0.231. The van der Waals surface area contributed by atoms with Gasteiger partial charge in [0.1, 0.15) is 5.65 Å². The molecule has 2 aromatic rings. The topological polar surface area (TPSA) is 60.9 Å². The van der Waals surface area contributed by atoms with Crippen LogP contribution in [0.2, 0.25) is 0 Å². The number of rotatable bonds is 5. The second-order valence-corrected chi connectivity index (χ2v) is 3.90. The number of aliphatic hydroxyl groups is 1. The standard InChI is InChI=1S/C12H17N3O/c1-9(13-6-3-7-16)11-8-15-12-10(11)4-2-5-14-12/h2,4-5,8-9,13,16H,3,6-7H2,1H3,(H,14,15). The van der Waals surface area contributed by atoms with Crippen molar-refractivity contribution in [2.24, 2.45) is 0 Å². The first-order valence-electron chi connectivity index (χ1n) is 5.59. The van der Waals surface area contributed by atoms with Crippen LogP contribution in [0.1, 0.15) is 24.9 Å². The molecule has 0 aliphatic rings. The van der Waals surface area contributed by atoms with Gasteiger partial charge in [-0.25, -0.2) is 4.98 Å². The van der Waals surface area contributed by atoms with E-state index >= 15 is 0 Å². The summed E-state index contributed by atoms with van der Waals surface area (Å²) in [5.74, 6) is 0. The minimum atomic E-state index is 0.231. The molecule has 0 amide bonds. The molecule has 0 aliphatic carbocycles. The third kappa shape index (κ3) is 2.23. The molecular weight excluding hydrogens is 202 g/mol. The normalized spacial score (nSPS) is 13.1. The molecule has 86 valence electrons. The molecule has 0 saturated carbocycles. The second-order valence-electron chi connectivity index (χ2n) is 3.90. The first-order chi connectivity index (χ1) is 7.83. The number of aromatic amines is 1. The number of aromatic nitrogens is 2. The molecule has 3 N–H and O–H groups in total. The number of hydrogen-bond acceptors (Lipinski definition) is 3. The van der Waals surface area contributed by atoms with Gasteiger partial charge in [0, 0.05) is 30.4 Å². The molecule has 0 radical (unpaired) electrons. The Labute approximate surface area is 94.7 Å². The Balaban J connectivity index is 2.13. The number of aliphatic hydroxyl groups excluding tert-OH is 1. The van der Waals surface area contributed by atoms with Gasteiger partial charge in [-0.1, -0.05) is 0 Å². The number of pyridine rings is 1. The van der Waals surface area contributed by atoms with Crippen molar-refractivity contribution in [3.8, 4) is 0 Å². The second kappa shape index (κ2) is 5.09. The van der Waals surface area contributed by atoms with Crippen LogP contribution in [0.25, 0.3) is 11.0 Å². The average molecular weight is 219 g/mol. The van der Waals surface area contributed by atoms with Gasteiger partial charge < -0.3 is 15.4 Å². The van der Waals surface area contributed by atoms with Gasteiger partial charge in [-0.3, -0.25) is 0 Å². The van der Waals surface area contributed by atoms with Crippen molar-refractivity contribution < 1.29 is 5.11 Å². The van der Waals surface area contributed by atoms with Crippen molar-refractivity contribution in [3.05, 3.63) is 30.1 Å². The fourth-order valence-electron chi connectivity index (χ4n) is 1.84. The van der Waals surface area contributed by atoms with Crippen LogP contribution in [-0.2, 0) is 0 Å². The molecule has 0 spiro atoms. The maximum atomic E-state index is 8.73. The highest BCUT2D eigenvalue weighted by molar-refractivity contribution is 5.79. The largest absolute Gasteiger partial charge is 0.396 e. The Morgan fingerprint density at radius 1 is 1.56 bits per heavy atom. The highest BCUT2D eigenvalue weighted by Gasteiger charge is 2.10. The van der Waals surface area contributed by atoms with E-state index in [9.17, 15) is 0 Å². The summed E-state index contributed by atoms with van der Waals surface area (Å²) >= 11 is 0. The molecule has 4 heteroatoms. The average Bonchev–Trinajstić information content (AvgIpc) is 2.73. The number of nitrogens with zero attached hydrogens (tertiary/aromatic N) is 1. The lowest BCUT2D eigenvalue weighted by molar-refractivity contribution is 0.284. The summed E-state index contributed by atoms with van der Waals surface area (Å²) in [6.07, 6.45) is 4.56. The van der Waals surface area contributed by atoms with Gasteiger partial charge in [0.25, 0.3) is 0 Å². The van der Waals surface area contributed by atoms with Crippen molar-refractivity contribution in [2.75, 3.05) is 13.2 Å². The van der Waals surface area contributed by atoms with Crippen LogP contribution in [0.3, 0.4) is 0 Å². The summed E-state index contributed by atoms with van der Waals surface area (Å²) in [6, 6.07) is 4.28. The van der Waals surface area contributed by atoms with Crippen LogP contribution < -0.4 is 5.32 Å². The third-order valence-corrected chi connectivity index (χ3v) is 2.74. The SMILES string of the molecule is CC(NCCCO)c1c[nH]c2ncccc12. The van der Waals surface area contributed by atoms with Crippen molar-refractivity contribution >= 4 is 11.0 Å². The molecule has 0 fully saturated rings. The monoisotopic (exact) mass is 219 g/mol. The lowest BCUT2D eigenvalue weighted by Gasteiger charge is -2.12. The molecule has 2 aromatic heterocycles. The predicted octanol–water partition coefficient (Wildman–Crippen LogP) is 1.60. The first-order valence-corrected chi connectivity index (χ1v) is 5.59. The van der Waals surface area contributed by atoms with Crippen LogP contribution in [0.5, 0.6) is 0 Å². The van der Waals surface area contributed by atoms with Crippen LogP contribution in [0.4, 0.5) is 0 Å². The van der Waals surface area contributed by atoms with Gasteiger partial charge in [-0.15, -0.1) is 0 Å². The molecule has 0 saturated heterocycles. The minimum Gasteiger partial charge on any atom is -0.396 e. The van der Waals surface area contributed by atoms with Crippen LogP contribution in [-0.4, -0.2) is 28.2 Å². The Kier molecular flexibility index (Phi) is 3.54. The zero-order valence-corrected chi connectivity index (χ0v) is 9.40. The Bertz CT molecular complexity index is 452. The summed E-state index contributed by atoms with van der Waals surface area (Å²) in [6.45, 7) is 3.17. The molecular formula is C12H17N3O. The van der Waals surface area contributed by atoms with Crippen molar-refractivity contribution in [2.45, 2.75) is 19.4 Å². The first kappa shape index (κ1) is 11.1. The van der Waals surface area contributed by atoms with Gasteiger partial charge in [-0.05, 0) is 37.6 Å². The van der Waals surface area contributed by atoms with Gasteiger partial charge in [-0.2, -0.15) is 0 Å². The van der Waals surface area contributed by atoms with E-state index in [1.165, 1.54) is 5.56 Å². The Hall–Kier alpha value is -1.39. The van der Waals surface area contributed by atoms with Crippen molar-refractivity contribution in [3.63, 3.8) is 0 Å². The summed E-state index contributed by atoms with van der Waals surface area (Å²) in [4.78, 5) is 7.42. The zero-order chi connectivity index (χ0) is 11.4.